The van der Waals surface area contributed by atoms with Gasteiger partial charge >= 0.3 is 0 Å². The van der Waals surface area contributed by atoms with Crippen molar-refractivity contribution in [3.05, 3.63) is 78.1 Å². The Labute approximate surface area is 206 Å². The first-order valence-corrected chi connectivity index (χ1v) is 11.9. The van der Waals surface area contributed by atoms with Crippen LogP contribution in [-0.2, 0) is 9.47 Å². The molecule has 0 spiro atoms. The van der Waals surface area contributed by atoms with Crippen LogP contribution < -0.4 is 4.74 Å². The number of aryl methyl sites for hydroxylation is 1. The van der Waals surface area contributed by atoms with Gasteiger partial charge in [-0.2, -0.15) is 0 Å². The molecule has 0 aromatic heterocycles. The molecule has 190 valence electrons. The number of allylic oxidation sites excluding steroid dienone is 4. The molecule has 1 aromatic rings. The van der Waals surface area contributed by atoms with E-state index in [9.17, 15) is 4.39 Å². The van der Waals surface area contributed by atoms with Crippen molar-refractivity contribution in [2.45, 2.75) is 73.3 Å². The molecule has 0 radical (unpaired) electrons. The molecule has 34 heavy (non-hydrogen) atoms. The van der Waals surface area contributed by atoms with E-state index < -0.39 is 11.5 Å². The highest BCUT2D eigenvalue weighted by Gasteiger charge is 2.43. The van der Waals surface area contributed by atoms with Crippen LogP contribution in [0.15, 0.2) is 77.5 Å². The number of nitrogens with zero attached hydrogens (tertiary/aromatic N) is 1. The third kappa shape index (κ3) is 10.6. The number of hydrogen-bond acceptors (Lipinski definition) is 4. The fraction of sp³-hybridized carbons (Fsp3) is 0.483. The maximum atomic E-state index is 14.8. The molecule has 1 heterocycles. The quantitative estimate of drug-likeness (QED) is 0.158. The number of benzene rings is 1. The van der Waals surface area contributed by atoms with Crippen LogP contribution in [0.1, 0.15) is 60.5 Å². The minimum Gasteiger partial charge on any atom is -0.462 e. The summed E-state index contributed by atoms with van der Waals surface area (Å²) in [5.74, 6) is 0.341. The van der Waals surface area contributed by atoms with E-state index in [4.69, 9.17) is 14.2 Å². The smallest absolute Gasteiger partial charge is 0.197 e. The lowest BCUT2D eigenvalue weighted by molar-refractivity contribution is -0.128. The summed E-state index contributed by atoms with van der Waals surface area (Å²) in [4.78, 5) is 4.27. The van der Waals surface area contributed by atoms with E-state index in [0.717, 1.165) is 11.3 Å². The summed E-state index contributed by atoms with van der Waals surface area (Å²) in [5.41, 5.74) is 0.427. The highest BCUT2D eigenvalue weighted by molar-refractivity contribution is 5.53. The van der Waals surface area contributed by atoms with Crippen LogP contribution in [0.5, 0.6) is 5.75 Å². The van der Waals surface area contributed by atoms with Gasteiger partial charge in [0.05, 0.1) is 13.2 Å². The molecular formula is C29H44FNO3. The zero-order valence-corrected chi connectivity index (χ0v) is 22.4. The number of halogens is 1. The lowest BCUT2D eigenvalue weighted by Gasteiger charge is -2.33. The van der Waals surface area contributed by atoms with Gasteiger partial charge in [0.1, 0.15) is 17.2 Å². The SMILES string of the molecule is C=C(/C(=C\C=C(/C)Oc1ccc(C)cc1)C1(CCN=CC)OCCO1)C(C)(C)F.C=CC.CC. The van der Waals surface area contributed by atoms with E-state index in [1.165, 1.54) is 13.8 Å². The second kappa shape index (κ2) is 16.2. The van der Waals surface area contributed by atoms with Crippen LogP contribution in [0.25, 0.3) is 0 Å². The largest absolute Gasteiger partial charge is 0.462 e. The maximum Gasteiger partial charge on any atom is 0.197 e. The third-order valence-electron chi connectivity index (χ3n) is 4.74. The number of ether oxygens (including phenoxy) is 3. The standard InChI is InChI=1S/C24H32FNO3.C3H6.C2H6/c1-7-26-15-14-24(27-16-17-28-24)22(20(4)23(5,6)25)13-10-19(3)29-21-11-8-18(2)9-12-21;1-3-2;1-2/h7-13H,4,14-17H2,1-3,5-6H3;3H,1H2,2H3;1-2H3/b19-10+,22-13+,26-7?;;. The molecule has 1 aromatic carbocycles. The average molecular weight is 474 g/mol. The Hall–Kier alpha value is -2.50. The van der Waals surface area contributed by atoms with Crippen molar-refractivity contribution in [2.24, 2.45) is 4.99 Å². The van der Waals surface area contributed by atoms with Crippen LogP contribution in [0.2, 0.25) is 0 Å². The molecule has 5 heteroatoms. The number of rotatable bonds is 9. The molecule has 1 fully saturated rings. The third-order valence-corrected chi connectivity index (χ3v) is 4.74. The fourth-order valence-corrected chi connectivity index (χ4v) is 3.03. The van der Waals surface area contributed by atoms with Crippen LogP contribution in [0.3, 0.4) is 0 Å². The van der Waals surface area contributed by atoms with Gasteiger partial charge in [-0.3, -0.25) is 4.99 Å². The van der Waals surface area contributed by atoms with E-state index >= 15 is 0 Å². The van der Waals surface area contributed by atoms with Crippen molar-refractivity contribution in [1.82, 2.24) is 0 Å². The zero-order valence-electron chi connectivity index (χ0n) is 22.4. The van der Waals surface area contributed by atoms with Gasteiger partial charge < -0.3 is 14.2 Å². The van der Waals surface area contributed by atoms with Crippen molar-refractivity contribution in [3.63, 3.8) is 0 Å². The van der Waals surface area contributed by atoms with Gasteiger partial charge in [0.25, 0.3) is 0 Å². The van der Waals surface area contributed by atoms with Gasteiger partial charge in [-0.15, -0.1) is 6.58 Å². The molecular weight excluding hydrogens is 429 g/mol. The van der Waals surface area contributed by atoms with Crippen molar-refractivity contribution >= 4 is 6.21 Å². The molecule has 0 aliphatic carbocycles. The highest BCUT2D eigenvalue weighted by atomic mass is 19.1. The summed E-state index contributed by atoms with van der Waals surface area (Å²) in [5, 5.41) is 0. The second-order valence-corrected chi connectivity index (χ2v) is 8.00. The van der Waals surface area contributed by atoms with Gasteiger partial charge in [0, 0.05) is 18.5 Å². The van der Waals surface area contributed by atoms with Gasteiger partial charge in [-0.1, -0.05) is 44.2 Å². The molecule has 0 unspecified atom stereocenters. The van der Waals surface area contributed by atoms with E-state index in [-0.39, 0.29) is 0 Å². The Morgan fingerprint density at radius 1 is 1.15 bits per heavy atom. The Morgan fingerprint density at radius 3 is 2.15 bits per heavy atom. The normalized spacial score (nSPS) is 15.7. The molecule has 0 N–H and O–H groups in total. The Morgan fingerprint density at radius 2 is 1.68 bits per heavy atom. The van der Waals surface area contributed by atoms with E-state index in [0.29, 0.717) is 43.1 Å². The molecule has 1 saturated heterocycles. The Kier molecular flexibility index (Phi) is 15.0. The van der Waals surface area contributed by atoms with E-state index in [1.54, 1.807) is 24.4 Å². The predicted octanol–water partition coefficient (Wildman–Crippen LogP) is 7.95. The van der Waals surface area contributed by atoms with Gasteiger partial charge in [-0.25, -0.2) is 4.39 Å². The molecule has 1 aliphatic heterocycles. The molecule has 1 aliphatic rings. The zero-order chi connectivity index (χ0) is 26.2. The van der Waals surface area contributed by atoms with E-state index in [1.807, 2.05) is 65.8 Å². The Bertz CT molecular complexity index is 824. The Balaban J connectivity index is 0.00000201. The highest BCUT2D eigenvalue weighted by Crippen LogP contribution is 2.40. The van der Waals surface area contributed by atoms with Crippen LogP contribution in [-0.4, -0.2) is 37.4 Å². The van der Waals surface area contributed by atoms with Crippen LogP contribution in [0.4, 0.5) is 4.39 Å². The minimum absolute atomic E-state index is 0.319. The number of aliphatic imine (C=N–C) groups is 1. The number of hydrogen-bond donors (Lipinski definition) is 0. The first-order valence-electron chi connectivity index (χ1n) is 11.9. The molecule has 4 nitrogen and oxygen atoms in total. The first kappa shape index (κ1) is 31.5. The van der Waals surface area contributed by atoms with Crippen molar-refractivity contribution in [2.75, 3.05) is 19.8 Å². The van der Waals surface area contributed by atoms with Gasteiger partial charge in [0.2, 0.25) is 0 Å². The first-order chi connectivity index (χ1) is 16.1. The lowest BCUT2D eigenvalue weighted by Crippen LogP contribution is -2.37. The molecule has 0 bridgehead atoms. The van der Waals surface area contributed by atoms with Crippen molar-refractivity contribution < 1.29 is 18.6 Å². The maximum absolute atomic E-state index is 14.8. The predicted molar refractivity (Wildman–Crippen MR) is 143 cm³/mol. The van der Waals surface area contributed by atoms with Crippen molar-refractivity contribution in [3.8, 4) is 5.75 Å². The van der Waals surface area contributed by atoms with Gasteiger partial charge in [-0.05, 0) is 77.6 Å². The summed E-state index contributed by atoms with van der Waals surface area (Å²) >= 11 is 0. The summed E-state index contributed by atoms with van der Waals surface area (Å²) < 4.78 is 32.6. The summed E-state index contributed by atoms with van der Waals surface area (Å²) in [7, 11) is 0. The van der Waals surface area contributed by atoms with E-state index in [2.05, 4.69) is 18.2 Å². The minimum atomic E-state index is -1.62. The summed E-state index contributed by atoms with van der Waals surface area (Å²) in [6.07, 6.45) is 7.54. The van der Waals surface area contributed by atoms with Crippen molar-refractivity contribution in [1.29, 1.82) is 0 Å². The van der Waals surface area contributed by atoms with Crippen LogP contribution >= 0.6 is 0 Å². The number of alkyl halides is 1. The molecule has 0 saturated carbocycles. The summed E-state index contributed by atoms with van der Waals surface area (Å²) in [6.45, 7) is 23.3. The van der Waals surface area contributed by atoms with Gasteiger partial charge in [0.15, 0.2) is 5.79 Å². The second-order valence-electron chi connectivity index (χ2n) is 8.00. The summed E-state index contributed by atoms with van der Waals surface area (Å²) in [6, 6.07) is 7.80. The topological polar surface area (TPSA) is 40.0 Å². The average Bonchev–Trinajstić information content (AvgIpc) is 3.26. The lowest BCUT2D eigenvalue weighted by atomic mass is 9.87. The van der Waals surface area contributed by atoms with Crippen LogP contribution in [0, 0.1) is 6.92 Å². The molecule has 0 amide bonds. The molecule has 0 atom stereocenters. The molecule has 2 rings (SSSR count). The fourth-order valence-electron chi connectivity index (χ4n) is 3.03. The monoisotopic (exact) mass is 473 g/mol.